The normalized spacial score (nSPS) is 11.1. The SMILES string of the molecule is Cc1[c-]c(C)c(C)c(C(C)(C)C)c1C.[Y]. The van der Waals surface area contributed by atoms with Gasteiger partial charge in [0.05, 0.1) is 0 Å². The predicted molar refractivity (Wildman–Crippen MR) is 62.9 cm³/mol. The Kier molecular flexibility index (Phi) is 5.21. The minimum atomic E-state index is 0. The summed E-state index contributed by atoms with van der Waals surface area (Å²) in [6.45, 7) is 15.6. The van der Waals surface area contributed by atoms with Crippen molar-refractivity contribution in [2.75, 3.05) is 0 Å². The summed E-state index contributed by atoms with van der Waals surface area (Å²) in [5.41, 5.74) is 7.11. The van der Waals surface area contributed by atoms with Crippen LogP contribution in [0.1, 0.15) is 48.6 Å². The van der Waals surface area contributed by atoms with E-state index in [0.29, 0.717) is 0 Å². The third-order valence-corrected chi connectivity index (χ3v) is 3.00. The quantitative estimate of drug-likeness (QED) is 0.629. The van der Waals surface area contributed by atoms with Crippen LogP contribution in [0, 0.1) is 33.8 Å². The van der Waals surface area contributed by atoms with E-state index in [-0.39, 0.29) is 38.1 Å². The summed E-state index contributed by atoms with van der Waals surface area (Å²) in [5.74, 6) is 0. The molecule has 0 bridgehead atoms. The molecule has 1 aromatic rings. The van der Waals surface area contributed by atoms with Crippen LogP contribution < -0.4 is 0 Å². The first-order valence-corrected chi connectivity index (χ1v) is 5.25. The molecule has 0 saturated carbocycles. The van der Waals surface area contributed by atoms with Gasteiger partial charge in [0.15, 0.2) is 0 Å². The monoisotopic (exact) mass is 278 g/mol. The van der Waals surface area contributed by atoms with Gasteiger partial charge in [0.2, 0.25) is 0 Å². The molecule has 1 heteroatoms. The van der Waals surface area contributed by atoms with Crippen LogP contribution in [0.5, 0.6) is 0 Å². The van der Waals surface area contributed by atoms with E-state index >= 15 is 0 Å². The van der Waals surface area contributed by atoms with E-state index in [9.17, 15) is 0 Å². The van der Waals surface area contributed by atoms with Crippen molar-refractivity contribution >= 4 is 0 Å². The second-order valence-corrected chi connectivity index (χ2v) is 5.25. The Morgan fingerprint density at radius 1 is 0.800 bits per heavy atom. The zero-order valence-corrected chi connectivity index (χ0v) is 13.9. The van der Waals surface area contributed by atoms with Gasteiger partial charge in [0.25, 0.3) is 0 Å². The molecule has 0 unspecified atom stereocenters. The fourth-order valence-electron chi connectivity index (χ4n) is 2.25. The molecule has 0 saturated heterocycles. The van der Waals surface area contributed by atoms with E-state index < -0.39 is 0 Å². The summed E-state index contributed by atoms with van der Waals surface area (Å²) in [6, 6.07) is 3.42. The zero-order chi connectivity index (χ0) is 11.1. The minimum Gasteiger partial charge on any atom is -0.177 e. The van der Waals surface area contributed by atoms with Gasteiger partial charge in [-0.2, -0.15) is 28.3 Å². The fraction of sp³-hybridized carbons (Fsp3) is 0.571. The van der Waals surface area contributed by atoms with Crippen molar-refractivity contribution < 1.29 is 32.7 Å². The molecule has 0 aliphatic carbocycles. The molecule has 15 heavy (non-hydrogen) atoms. The summed E-state index contributed by atoms with van der Waals surface area (Å²) in [4.78, 5) is 0. The van der Waals surface area contributed by atoms with Gasteiger partial charge in [-0.05, 0) is 5.41 Å². The van der Waals surface area contributed by atoms with Crippen molar-refractivity contribution in [1.82, 2.24) is 0 Å². The second kappa shape index (κ2) is 5.10. The van der Waals surface area contributed by atoms with Crippen LogP contribution in [0.25, 0.3) is 0 Å². The number of hydrogen-bond donors (Lipinski definition) is 0. The number of aryl methyl sites for hydroxylation is 2. The molecule has 81 valence electrons. The first kappa shape index (κ1) is 15.3. The zero-order valence-electron chi connectivity index (χ0n) is 11.1. The molecule has 0 N–H and O–H groups in total. The van der Waals surface area contributed by atoms with E-state index in [2.05, 4.69) is 54.5 Å². The summed E-state index contributed by atoms with van der Waals surface area (Å²) in [5, 5.41) is 0. The summed E-state index contributed by atoms with van der Waals surface area (Å²) < 4.78 is 0. The maximum atomic E-state index is 3.42. The van der Waals surface area contributed by atoms with Gasteiger partial charge in [-0.25, -0.2) is 0 Å². The van der Waals surface area contributed by atoms with Crippen molar-refractivity contribution in [3.8, 4) is 0 Å². The van der Waals surface area contributed by atoms with Gasteiger partial charge in [0, 0.05) is 32.7 Å². The molecular formula is C14H21Y-. The van der Waals surface area contributed by atoms with Crippen molar-refractivity contribution in [2.45, 2.75) is 53.9 Å². The Morgan fingerprint density at radius 2 is 1.13 bits per heavy atom. The van der Waals surface area contributed by atoms with Crippen molar-refractivity contribution in [1.29, 1.82) is 0 Å². The Morgan fingerprint density at radius 3 is 1.40 bits per heavy atom. The molecule has 1 radical (unpaired) electrons. The van der Waals surface area contributed by atoms with Crippen LogP contribution in [0.2, 0.25) is 0 Å². The van der Waals surface area contributed by atoms with Gasteiger partial charge < -0.3 is 0 Å². The molecule has 1 rings (SSSR count). The van der Waals surface area contributed by atoms with Gasteiger partial charge in [0.1, 0.15) is 0 Å². The molecule has 0 amide bonds. The Hall–Kier alpha value is 0.324. The first-order chi connectivity index (χ1) is 6.25. The molecule has 0 aromatic heterocycles. The third-order valence-electron chi connectivity index (χ3n) is 3.00. The smallest absolute Gasteiger partial charge is 0 e. The Bertz CT molecular complexity index is 330. The fourth-order valence-corrected chi connectivity index (χ4v) is 2.25. The molecule has 0 fully saturated rings. The van der Waals surface area contributed by atoms with Crippen molar-refractivity contribution in [3.05, 3.63) is 33.9 Å². The predicted octanol–water partition coefficient (Wildman–Crippen LogP) is 4.02. The van der Waals surface area contributed by atoms with Crippen LogP contribution >= 0.6 is 0 Å². The van der Waals surface area contributed by atoms with Gasteiger partial charge >= 0.3 is 0 Å². The van der Waals surface area contributed by atoms with Crippen LogP contribution in [0.4, 0.5) is 0 Å². The maximum Gasteiger partial charge on any atom is 0 e. The van der Waals surface area contributed by atoms with Gasteiger partial charge in [-0.15, -0.1) is 5.56 Å². The topological polar surface area (TPSA) is 0 Å². The van der Waals surface area contributed by atoms with E-state index in [4.69, 9.17) is 0 Å². The van der Waals surface area contributed by atoms with Crippen molar-refractivity contribution in [3.63, 3.8) is 0 Å². The average Bonchev–Trinajstić information content (AvgIpc) is 1.98. The maximum absolute atomic E-state index is 3.42. The molecule has 1 aromatic carbocycles. The largest absolute Gasteiger partial charge is 0.177 e. The average molecular weight is 278 g/mol. The van der Waals surface area contributed by atoms with E-state index in [1.54, 1.807) is 0 Å². The van der Waals surface area contributed by atoms with Crippen molar-refractivity contribution in [2.24, 2.45) is 0 Å². The number of benzene rings is 1. The Labute approximate surface area is 120 Å². The molecule has 0 heterocycles. The molecule has 0 nitrogen and oxygen atoms in total. The van der Waals surface area contributed by atoms with E-state index in [0.717, 1.165) is 0 Å². The first-order valence-electron chi connectivity index (χ1n) is 5.25. The van der Waals surface area contributed by atoms with Gasteiger partial charge in [-0.1, -0.05) is 48.5 Å². The van der Waals surface area contributed by atoms with Crippen LogP contribution in [-0.4, -0.2) is 0 Å². The molecular weight excluding hydrogens is 257 g/mol. The molecule has 0 aliphatic heterocycles. The standard InChI is InChI=1S/C14H21.Y/c1-9-8-10(2)12(4)13(11(9)3)14(5,6)7;/h1-7H3;/q-1;. The van der Waals surface area contributed by atoms with E-state index in [1.165, 1.54) is 27.8 Å². The Balaban J connectivity index is 0.00000196. The third kappa shape index (κ3) is 3.14. The van der Waals surface area contributed by atoms with Gasteiger partial charge in [-0.3, -0.25) is 0 Å². The summed E-state index contributed by atoms with van der Waals surface area (Å²) in [6.07, 6.45) is 0. The summed E-state index contributed by atoms with van der Waals surface area (Å²) in [7, 11) is 0. The van der Waals surface area contributed by atoms with Crippen LogP contribution in [0.3, 0.4) is 0 Å². The molecule has 0 atom stereocenters. The summed E-state index contributed by atoms with van der Waals surface area (Å²) >= 11 is 0. The van der Waals surface area contributed by atoms with Crippen LogP contribution in [-0.2, 0) is 38.1 Å². The molecule has 0 spiro atoms. The van der Waals surface area contributed by atoms with E-state index in [1.807, 2.05) is 0 Å². The molecule has 0 aliphatic rings. The van der Waals surface area contributed by atoms with Crippen LogP contribution in [0.15, 0.2) is 0 Å². The minimum absolute atomic E-state index is 0. The second-order valence-electron chi connectivity index (χ2n) is 5.25. The number of hydrogen-bond acceptors (Lipinski definition) is 0. The number of rotatable bonds is 0.